The normalized spacial score (nSPS) is 18.5. The zero-order chi connectivity index (χ0) is 13.7. The number of hydrogen-bond acceptors (Lipinski definition) is 1. The van der Waals surface area contributed by atoms with Crippen molar-refractivity contribution in [2.75, 3.05) is 0 Å². The molecule has 0 aromatic heterocycles. The fourth-order valence-corrected chi connectivity index (χ4v) is 3.17. The molecule has 2 N–H and O–H groups in total. The highest BCUT2D eigenvalue weighted by atomic mass is 19.1. The molecule has 2 rings (SSSR count). The van der Waals surface area contributed by atoms with E-state index >= 15 is 0 Å². The summed E-state index contributed by atoms with van der Waals surface area (Å²) in [6.07, 6.45) is 10.1. The average Bonchev–Trinajstić information content (AvgIpc) is 2.42. The lowest BCUT2D eigenvalue weighted by atomic mass is 9.84. The lowest BCUT2D eigenvalue weighted by Gasteiger charge is -2.23. The van der Waals surface area contributed by atoms with E-state index in [2.05, 4.69) is 0 Å². The van der Waals surface area contributed by atoms with Crippen molar-refractivity contribution in [3.63, 3.8) is 0 Å². The van der Waals surface area contributed by atoms with Gasteiger partial charge in [-0.1, -0.05) is 38.2 Å². The maximum absolute atomic E-state index is 13.2. The van der Waals surface area contributed by atoms with Crippen LogP contribution in [0.15, 0.2) is 18.2 Å². The van der Waals surface area contributed by atoms with E-state index in [4.69, 9.17) is 5.73 Å². The molecule has 0 radical (unpaired) electrons. The van der Waals surface area contributed by atoms with Crippen molar-refractivity contribution in [3.05, 3.63) is 35.1 Å². The van der Waals surface area contributed by atoms with Crippen molar-refractivity contribution >= 4 is 0 Å². The summed E-state index contributed by atoms with van der Waals surface area (Å²) in [5.41, 5.74) is 8.43. The van der Waals surface area contributed by atoms with Gasteiger partial charge in [0.2, 0.25) is 0 Å². The number of hydrogen-bond donors (Lipinski definition) is 1. The lowest BCUT2D eigenvalue weighted by molar-refractivity contribution is 0.323. The molecule has 106 valence electrons. The second kappa shape index (κ2) is 7.04. The summed E-state index contributed by atoms with van der Waals surface area (Å²) in [6, 6.07) is 5.17. The molecule has 0 bridgehead atoms. The van der Waals surface area contributed by atoms with Gasteiger partial charge in [-0.15, -0.1) is 0 Å². The maximum Gasteiger partial charge on any atom is 0.123 e. The zero-order valence-corrected chi connectivity index (χ0v) is 12.0. The van der Waals surface area contributed by atoms with Crippen molar-refractivity contribution < 1.29 is 4.39 Å². The molecule has 1 aliphatic rings. The number of rotatable bonds is 5. The van der Waals surface area contributed by atoms with Crippen LogP contribution in [-0.4, -0.2) is 6.04 Å². The minimum Gasteiger partial charge on any atom is -0.327 e. The van der Waals surface area contributed by atoms with Gasteiger partial charge in [-0.3, -0.25) is 0 Å². The van der Waals surface area contributed by atoms with Crippen LogP contribution in [0.25, 0.3) is 0 Å². The van der Waals surface area contributed by atoms with Crippen molar-refractivity contribution in [2.45, 2.75) is 64.3 Å². The first-order valence-corrected chi connectivity index (χ1v) is 7.66. The van der Waals surface area contributed by atoms with E-state index in [1.165, 1.54) is 44.6 Å². The molecule has 1 saturated carbocycles. The summed E-state index contributed by atoms with van der Waals surface area (Å²) in [5, 5.41) is 0. The minimum absolute atomic E-state index is 0.153. The molecule has 1 aromatic rings. The van der Waals surface area contributed by atoms with E-state index in [9.17, 15) is 4.39 Å². The van der Waals surface area contributed by atoms with Crippen molar-refractivity contribution in [1.82, 2.24) is 0 Å². The summed E-state index contributed by atoms with van der Waals surface area (Å²) < 4.78 is 13.2. The molecular weight excluding hydrogens is 237 g/mol. The smallest absolute Gasteiger partial charge is 0.123 e. The standard InChI is InChI=1S/C17H26FN/c1-13-7-9-16(18)11-15(13)12-17(19)10-8-14-5-3-2-4-6-14/h7,9,11,14,17H,2-6,8,10,12,19H2,1H3. The van der Waals surface area contributed by atoms with E-state index in [1.807, 2.05) is 13.0 Å². The summed E-state index contributed by atoms with van der Waals surface area (Å²) >= 11 is 0. The molecular formula is C17H26FN. The molecule has 1 atom stereocenters. The van der Waals surface area contributed by atoms with E-state index in [0.717, 1.165) is 29.9 Å². The van der Waals surface area contributed by atoms with Gasteiger partial charge in [0.25, 0.3) is 0 Å². The molecule has 1 aromatic carbocycles. The Hall–Kier alpha value is -0.890. The molecule has 0 amide bonds. The molecule has 1 nitrogen and oxygen atoms in total. The molecule has 1 aliphatic carbocycles. The van der Waals surface area contributed by atoms with E-state index in [0.29, 0.717) is 0 Å². The number of aryl methyl sites for hydroxylation is 1. The predicted octanol–water partition coefficient (Wildman–Crippen LogP) is 4.36. The van der Waals surface area contributed by atoms with Crippen LogP contribution in [-0.2, 0) is 6.42 Å². The number of nitrogens with two attached hydrogens (primary N) is 1. The van der Waals surface area contributed by atoms with Gasteiger partial charge in [-0.05, 0) is 55.4 Å². The molecule has 1 fully saturated rings. The van der Waals surface area contributed by atoms with Crippen LogP contribution in [0.3, 0.4) is 0 Å². The monoisotopic (exact) mass is 263 g/mol. The van der Waals surface area contributed by atoms with Gasteiger partial charge in [-0.2, -0.15) is 0 Å². The van der Waals surface area contributed by atoms with Gasteiger partial charge in [0.1, 0.15) is 5.82 Å². The fraction of sp³-hybridized carbons (Fsp3) is 0.647. The molecule has 0 aliphatic heterocycles. The van der Waals surface area contributed by atoms with E-state index in [-0.39, 0.29) is 11.9 Å². The molecule has 1 unspecified atom stereocenters. The van der Waals surface area contributed by atoms with Crippen molar-refractivity contribution in [1.29, 1.82) is 0 Å². The van der Waals surface area contributed by atoms with Crippen LogP contribution in [0.5, 0.6) is 0 Å². The van der Waals surface area contributed by atoms with Gasteiger partial charge in [0, 0.05) is 6.04 Å². The Bertz CT molecular complexity index is 396. The van der Waals surface area contributed by atoms with Crippen LogP contribution >= 0.6 is 0 Å². The first-order valence-electron chi connectivity index (χ1n) is 7.66. The van der Waals surface area contributed by atoms with E-state index in [1.54, 1.807) is 6.07 Å². The third-order valence-corrected chi connectivity index (χ3v) is 4.46. The highest BCUT2D eigenvalue weighted by Gasteiger charge is 2.15. The minimum atomic E-state index is -0.153. The van der Waals surface area contributed by atoms with Gasteiger partial charge < -0.3 is 5.73 Å². The molecule has 0 heterocycles. The maximum atomic E-state index is 13.2. The Kier molecular flexibility index (Phi) is 5.38. The molecule has 0 saturated heterocycles. The quantitative estimate of drug-likeness (QED) is 0.839. The number of benzene rings is 1. The second-order valence-corrected chi connectivity index (χ2v) is 6.12. The summed E-state index contributed by atoms with van der Waals surface area (Å²) in [6.45, 7) is 2.03. The third kappa shape index (κ3) is 4.61. The van der Waals surface area contributed by atoms with Crippen LogP contribution in [0, 0.1) is 18.7 Å². The summed E-state index contributed by atoms with van der Waals surface area (Å²) in [5.74, 6) is 0.730. The van der Waals surface area contributed by atoms with Gasteiger partial charge in [0.05, 0.1) is 0 Å². The Morgan fingerprint density at radius 3 is 2.74 bits per heavy atom. The van der Waals surface area contributed by atoms with E-state index < -0.39 is 0 Å². The lowest BCUT2D eigenvalue weighted by Crippen LogP contribution is -2.24. The highest BCUT2D eigenvalue weighted by molar-refractivity contribution is 5.27. The van der Waals surface area contributed by atoms with Gasteiger partial charge in [-0.25, -0.2) is 4.39 Å². The van der Waals surface area contributed by atoms with Crippen molar-refractivity contribution in [3.8, 4) is 0 Å². The zero-order valence-electron chi connectivity index (χ0n) is 12.0. The third-order valence-electron chi connectivity index (χ3n) is 4.46. The SMILES string of the molecule is Cc1ccc(F)cc1CC(N)CCC1CCCCC1. The van der Waals surface area contributed by atoms with Crippen LogP contribution in [0.1, 0.15) is 56.1 Å². The first kappa shape index (κ1) is 14.5. The topological polar surface area (TPSA) is 26.0 Å². The Morgan fingerprint density at radius 2 is 2.00 bits per heavy atom. The average molecular weight is 263 g/mol. The Morgan fingerprint density at radius 1 is 1.26 bits per heavy atom. The Balaban J connectivity index is 1.80. The highest BCUT2D eigenvalue weighted by Crippen LogP contribution is 2.28. The van der Waals surface area contributed by atoms with Gasteiger partial charge in [0.15, 0.2) is 0 Å². The molecule has 2 heteroatoms. The van der Waals surface area contributed by atoms with Crippen LogP contribution < -0.4 is 5.73 Å². The number of halogens is 1. The largest absolute Gasteiger partial charge is 0.327 e. The first-order chi connectivity index (χ1) is 9.15. The fourth-order valence-electron chi connectivity index (χ4n) is 3.17. The van der Waals surface area contributed by atoms with Crippen LogP contribution in [0.4, 0.5) is 4.39 Å². The van der Waals surface area contributed by atoms with Crippen molar-refractivity contribution in [2.24, 2.45) is 11.7 Å². The molecule has 0 spiro atoms. The molecule has 19 heavy (non-hydrogen) atoms. The Labute approximate surface area is 116 Å². The van der Waals surface area contributed by atoms with Gasteiger partial charge >= 0.3 is 0 Å². The summed E-state index contributed by atoms with van der Waals surface area (Å²) in [4.78, 5) is 0. The second-order valence-electron chi connectivity index (χ2n) is 6.12. The van der Waals surface area contributed by atoms with Crippen LogP contribution in [0.2, 0.25) is 0 Å². The summed E-state index contributed by atoms with van der Waals surface area (Å²) in [7, 11) is 0. The predicted molar refractivity (Wildman–Crippen MR) is 78.6 cm³/mol.